The van der Waals surface area contributed by atoms with Crippen molar-refractivity contribution >= 4 is 5.91 Å². The summed E-state index contributed by atoms with van der Waals surface area (Å²) in [6, 6.07) is 7.86. The average Bonchev–Trinajstić information content (AvgIpc) is 3.34. The Hall–Kier alpha value is -2.96. The van der Waals surface area contributed by atoms with E-state index in [0.29, 0.717) is 17.4 Å². The van der Waals surface area contributed by atoms with Gasteiger partial charge in [0.05, 0.1) is 6.04 Å². The van der Waals surface area contributed by atoms with Gasteiger partial charge in [0.2, 0.25) is 11.7 Å². The van der Waals surface area contributed by atoms with Crippen molar-refractivity contribution in [3.63, 3.8) is 0 Å². The minimum absolute atomic E-state index is 0.0166. The first kappa shape index (κ1) is 15.6. The topological polar surface area (TPSA) is 85.8 Å². The van der Waals surface area contributed by atoms with Crippen molar-refractivity contribution in [2.45, 2.75) is 32.2 Å². The summed E-state index contributed by atoms with van der Waals surface area (Å²) >= 11 is 0. The van der Waals surface area contributed by atoms with Gasteiger partial charge in [0.25, 0.3) is 5.91 Å². The molecule has 25 heavy (non-hydrogen) atoms. The van der Waals surface area contributed by atoms with Crippen molar-refractivity contribution < 1.29 is 9.32 Å². The van der Waals surface area contributed by atoms with Gasteiger partial charge in [-0.1, -0.05) is 24.2 Å². The monoisotopic (exact) mass is 337 g/mol. The molecule has 1 aromatic carbocycles. The molecule has 0 saturated carbocycles. The molecule has 1 aliphatic carbocycles. The van der Waals surface area contributed by atoms with Gasteiger partial charge in [-0.25, -0.2) is 0 Å². The third-order valence-electron chi connectivity index (χ3n) is 4.61. The van der Waals surface area contributed by atoms with E-state index in [1.807, 2.05) is 19.1 Å². The highest BCUT2D eigenvalue weighted by atomic mass is 16.5. The van der Waals surface area contributed by atoms with Gasteiger partial charge in [-0.3, -0.25) is 9.48 Å². The van der Waals surface area contributed by atoms with Crippen molar-refractivity contribution in [2.24, 2.45) is 7.05 Å². The summed E-state index contributed by atoms with van der Waals surface area (Å²) in [5.74, 6) is 1.14. The molecule has 7 nitrogen and oxygen atoms in total. The lowest BCUT2D eigenvalue weighted by Crippen LogP contribution is -2.28. The first-order valence-corrected chi connectivity index (χ1v) is 8.40. The number of fused-ring (bicyclic) bond motifs is 1. The summed E-state index contributed by atoms with van der Waals surface area (Å²) < 4.78 is 6.77. The van der Waals surface area contributed by atoms with Crippen LogP contribution in [0.1, 0.15) is 46.9 Å². The molecule has 7 heteroatoms. The standard InChI is InChI=1S/C18H19N5O2/c1-3-16-21-17(22-25-16)12-4-6-13-11(10-12)5-7-14(13)20-18(24)15-8-9-19-23(15)2/h4,6,8-10,14H,3,5,7H2,1-2H3,(H,20,24). The molecule has 1 N–H and O–H groups in total. The molecule has 1 aliphatic rings. The first-order valence-electron chi connectivity index (χ1n) is 8.40. The van der Waals surface area contributed by atoms with Crippen molar-refractivity contribution in [2.75, 3.05) is 0 Å². The number of hydrogen-bond donors (Lipinski definition) is 1. The molecule has 3 aromatic rings. The van der Waals surface area contributed by atoms with Crippen LogP contribution in [0, 0.1) is 0 Å². The van der Waals surface area contributed by atoms with Crippen molar-refractivity contribution in [1.82, 2.24) is 25.2 Å². The summed E-state index contributed by atoms with van der Waals surface area (Å²) in [6.07, 6.45) is 4.14. The lowest BCUT2D eigenvalue weighted by molar-refractivity contribution is 0.0927. The van der Waals surface area contributed by atoms with E-state index in [2.05, 4.69) is 26.6 Å². The second-order valence-corrected chi connectivity index (χ2v) is 6.18. The van der Waals surface area contributed by atoms with Gasteiger partial charge in [-0.15, -0.1) is 0 Å². The molecule has 0 spiro atoms. The van der Waals surface area contributed by atoms with E-state index in [-0.39, 0.29) is 11.9 Å². The third kappa shape index (κ3) is 2.82. The van der Waals surface area contributed by atoms with Crippen LogP contribution in [0.4, 0.5) is 0 Å². The smallest absolute Gasteiger partial charge is 0.270 e. The Balaban J connectivity index is 1.55. The lowest BCUT2D eigenvalue weighted by Gasteiger charge is -2.14. The summed E-state index contributed by atoms with van der Waals surface area (Å²) in [4.78, 5) is 16.8. The Kier molecular flexibility index (Phi) is 3.83. The predicted octanol–water partition coefficient (Wildman–Crippen LogP) is 2.45. The highest BCUT2D eigenvalue weighted by Gasteiger charge is 2.26. The van der Waals surface area contributed by atoms with Gasteiger partial charge in [0.15, 0.2) is 0 Å². The van der Waals surface area contributed by atoms with Crippen molar-refractivity contribution in [3.05, 3.63) is 53.2 Å². The summed E-state index contributed by atoms with van der Waals surface area (Å²) in [7, 11) is 1.76. The molecule has 1 atom stereocenters. The predicted molar refractivity (Wildman–Crippen MR) is 90.8 cm³/mol. The van der Waals surface area contributed by atoms with Gasteiger partial charge in [0.1, 0.15) is 5.69 Å². The number of nitrogens with one attached hydrogen (secondary N) is 1. The van der Waals surface area contributed by atoms with Gasteiger partial charge >= 0.3 is 0 Å². The SMILES string of the molecule is CCc1nc(-c2ccc3c(c2)CCC3NC(=O)c2ccnn2C)no1. The maximum absolute atomic E-state index is 12.4. The van der Waals surface area contributed by atoms with E-state index in [1.165, 1.54) is 5.56 Å². The van der Waals surface area contributed by atoms with E-state index in [0.717, 1.165) is 30.4 Å². The van der Waals surface area contributed by atoms with Crippen LogP contribution in [-0.4, -0.2) is 25.8 Å². The molecular formula is C18H19N5O2. The fraction of sp³-hybridized carbons (Fsp3) is 0.333. The summed E-state index contributed by atoms with van der Waals surface area (Å²) in [5.41, 5.74) is 3.87. The maximum Gasteiger partial charge on any atom is 0.270 e. The molecule has 2 heterocycles. The highest BCUT2D eigenvalue weighted by molar-refractivity contribution is 5.92. The van der Waals surface area contributed by atoms with Crippen LogP contribution < -0.4 is 5.32 Å². The molecule has 1 amide bonds. The quantitative estimate of drug-likeness (QED) is 0.790. The van der Waals surface area contributed by atoms with Crippen molar-refractivity contribution in [3.8, 4) is 11.4 Å². The van der Waals surface area contributed by atoms with Crippen LogP contribution in [0.25, 0.3) is 11.4 Å². The van der Waals surface area contributed by atoms with Crippen LogP contribution >= 0.6 is 0 Å². The number of rotatable bonds is 4. The zero-order chi connectivity index (χ0) is 17.4. The van der Waals surface area contributed by atoms with Gasteiger partial charge in [-0.05, 0) is 36.1 Å². The highest BCUT2D eigenvalue weighted by Crippen LogP contribution is 2.33. The number of amides is 1. The van der Waals surface area contributed by atoms with Gasteiger partial charge in [-0.2, -0.15) is 10.1 Å². The van der Waals surface area contributed by atoms with Crippen LogP contribution in [0.3, 0.4) is 0 Å². The van der Waals surface area contributed by atoms with E-state index >= 15 is 0 Å². The summed E-state index contributed by atoms with van der Waals surface area (Å²) in [5, 5.41) is 11.2. The third-order valence-corrected chi connectivity index (χ3v) is 4.61. The maximum atomic E-state index is 12.4. The van der Waals surface area contributed by atoms with E-state index in [1.54, 1.807) is 24.0 Å². The average molecular weight is 337 g/mol. The number of aromatic nitrogens is 4. The largest absolute Gasteiger partial charge is 0.344 e. The minimum atomic E-state index is -0.104. The normalized spacial score (nSPS) is 16.0. The first-order chi connectivity index (χ1) is 12.2. The Morgan fingerprint density at radius 3 is 3.00 bits per heavy atom. The van der Waals surface area contributed by atoms with Gasteiger partial charge < -0.3 is 9.84 Å². The van der Waals surface area contributed by atoms with Crippen LogP contribution in [-0.2, 0) is 19.9 Å². The Bertz CT molecular complexity index is 927. The number of nitrogens with zero attached hydrogens (tertiary/aromatic N) is 4. The van der Waals surface area contributed by atoms with Crippen LogP contribution in [0.15, 0.2) is 35.0 Å². The zero-order valence-electron chi connectivity index (χ0n) is 14.2. The molecule has 128 valence electrons. The molecule has 0 radical (unpaired) electrons. The second-order valence-electron chi connectivity index (χ2n) is 6.18. The second kappa shape index (κ2) is 6.16. The zero-order valence-corrected chi connectivity index (χ0v) is 14.2. The Labute approximate surface area is 145 Å². The molecule has 0 saturated heterocycles. The number of carbonyl (C=O) groups excluding carboxylic acids is 1. The number of hydrogen-bond acceptors (Lipinski definition) is 5. The van der Waals surface area contributed by atoms with Crippen LogP contribution in [0.2, 0.25) is 0 Å². The fourth-order valence-corrected chi connectivity index (χ4v) is 3.25. The Morgan fingerprint density at radius 2 is 2.28 bits per heavy atom. The van der Waals surface area contributed by atoms with Gasteiger partial charge in [0, 0.05) is 25.2 Å². The summed E-state index contributed by atoms with van der Waals surface area (Å²) in [6.45, 7) is 1.98. The molecule has 4 rings (SSSR count). The molecule has 2 aromatic heterocycles. The minimum Gasteiger partial charge on any atom is -0.344 e. The van der Waals surface area contributed by atoms with Crippen LogP contribution in [0.5, 0.6) is 0 Å². The van der Waals surface area contributed by atoms with E-state index in [9.17, 15) is 4.79 Å². The molecule has 0 bridgehead atoms. The van der Waals surface area contributed by atoms with E-state index in [4.69, 9.17) is 4.52 Å². The molecular weight excluding hydrogens is 318 g/mol. The molecule has 1 unspecified atom stereocenters. The number of benzene rings is 1. The molecule has 0 aliphatic heterocycles. The lowest BCUT2D eigenvalue weighted by atomic mass is 10.0. The number of aryl methyl sites for hydroxylation is 3. The van der Waals surface area contributed by atoms with Crippen molar-refractivity contribution in [1.29, 1.82) is 0 Å². The Morgan fingerprint density at radius 1 is 1.40 bits per heavy atom. The molecule has 0 fully saturated rings. The van der Waals surface area contributed by atoms with E-state index < -0.39 is 0 Å². The number of carbonyl (C=O) groups is 1. The fourth-order valence-electron chi connectivity index (χ4n) is 3.25.